The lowest BCUT2D eigenvalue weighted by Gasteiger charge is -2.65. The van der Waals surface area contributed by atoms with Crippen molar-refractivity contribution in [3.05, 3.63) is 30.1 Å². The summed E-state index contributed by atoms with van der Waals surface area (Å²) in [6.07, 6.45) is 3.67. The first-order valence-corrected chi connectivity index (χ1v) is 17.0. The van der Waals surface area contributed by atoms with Gasteiger partial charge in [-0.25, -0.2) is 21.9 Å². The number of rotatable bonds is 7. The topological polar surface area (TPSA) is 104 Å². The van der Waals surface area contributed by atoms with Crippen molar-refractivity contribution < 1.29 is 32.2 Å². The summed E-state index contributed by atoms with van der Waals surface area (Å²) in [4.78, 5) is 12.5. The highest BCUT2D eigenvalue weighted by Gasteiger charge is 2.66. The van der Waals surface area contributed by atoms with Crippen molar-refractivity contribution in [3.63, 3.8) is 0 Å². The van der Waals surface area contributed by atoms with Crippen LogP contribution in [0.5, 0.6) is 0 Å². The number of carbonyl (C=O) groups excluding carboxylic acids is 1. The van der Waals surface area contributed by atoms with E-state index >= 15 is 4.39 Å². The molecule has 0 saturated heterocycles. The van der Waals surface area contributed by atoms with E-state index in [4.69, 9.17) is 0 Å². The Morgan fingerprint density at radius 2 is 1.68 bits per heavy atom. The molecule has 4 aliphatic carbocycles. The second-order valence-corrected chi connectivity index (χ2v) is 15.8. The van der Waals surface area contributed by atoms with E-state index in [1.165, 1.54) is 0 Å². The first-order valence-electron chi connectivity index (χ1n) is 15.6. The summed E-state index contributed by atoms with van der Waals surface area (Å²) >= 11 is 0. The van der Waals surface area contributed by atoms with Gasteiger partial charge >= 0.3 is 0 Å². The van der Waals surface area contributed by atoms with E-state index in [0.29, 0.717) is 31.1 Å². The summed E-state index contributed by atoms with van der Waals surface area (Å²) in [6, 6.07) is 4.37. The van der Waals surface area contributed by atoms with Crippen molar-refractivity contribution in [3.8, 4) is 0 Å². The number of hydrogen-bond donors (Lipinski definition) is 3. The molecule has 41 heavy (non-hydrogen) atoms. The number of nitrogens with one attached hydrogen (secondary N) is 1. The van der Waals surface area contributed by atoms with Crippen LogP contribution >= 0.6 is 0 Å². The Hall–Kier alpha value is -1.58. The molecule has 0 heterocycles. The third-order valence-corrected chi connectivity index (χ3v) is 13.7. The van der Waals surface area contributed by atoms with Crippen LogP contribution in [-0.4, -0.2) is 42.9 Å². The van der Waals surface area contributed by atoms with Gasteiger partial charge in [0, 0.05) is 12.3 Å². The van der Waals surface area contributed by atoms with Crippen LogP contribution in [0, 0.1) is 58.1 Å². The van der Waals surface area contributed by atoms with Crippen molar-refractivity contribution in [2.24, 2.45) is 52.3 Å². The molecule has 0 aromatic heterocycles. The maximum absolute atomic E-state index is 15.6. The van der Waals surface area contributed by atoms with Gasteiger partial charge in [0.25, 0.3) is 10.0 Å². The van der Waals surface area contributed by atoms with Crippen molar-refractivity contribution in [2.45, 2.75) is 109 Å². The predicted molar refractivity (Wildman–Crippen MR) is 152 cm³/mol. The molecule has 1 aromatic rings. The molecule has 4 aliphatic rings. The first-order chi connectivity index (χ1) is 19.2. The van der Waals surface area contributed by atoms with Crippen molar-refractivity contribution >= 4 is 15.9 Å². The number of fused-ring (bicyclic) bond motifs is 5. The second kappa shape index (κ2) is 11.2. The van der Waals surface area contributed by atoms with Gasteiger partial charge in [0.05, 0.1) is 17.1 Å². The number of alkyl halides is 1. The fourth-order valence-corrected chi connectivity index (χ4v) is 11.4. The Morgan fingerprint density at radius 3 is 2.34 bits per heavy atom. The van der Waals surface area contributed by atoms with Crippen LogP contribution < -0.4 is 4.72 Å². The number of halogens is 2. The van der Waals surface area contributed by atoms with Crippen LogP contribution in [0.3, 0.4) is 0 Å². The van der Waals surface area contributed by atoms with Gasteiger partial charge in [0.15, 0.2) is 0 Å². The van der Waals surface area contributed by atoms with E-state index in [2.05, 4.69) is 25.5 Å². The molecular weight excluding hydrogens is 548 g/mol. The largest absolute Gasteiger partial charge is 0.393 e. The Kier molecular flexibility index (Phi) is 8.40. The van der Waals surface area contributed by atoms with Gasteiger partial charge in [0.2, 0.25) is 5.91 Å². The van der Waals surface area contributed by atoms with Crippen LogP contribution in [0.25, 0.3) is 0 Å². The fraction of sp³-hybridized carbons (Fsp3) is 0.781. The Labute approximate surface area is 243 Å². The molecule has 0 bridgehead atoms. The minimum atomic E-state index is -4.06. The zero-order valence-corrected chi connectivity index (χ0v) is 25.5. The number of benzene rings is 1. The second-order valence-electron chi connectivity index (χ2n) is 14.2. The van der Waals surface area contributed by atoms with E-state index in [-0.39, 0.29) is 51.7 Å². The lowest BCUT2D eigenvalue weighted by Crippen LogP contribution is -2.65. The fourth-order valence-electron chi connectivity index (χ4n) is 10.4. The van der Waals surface area contributed by atoms with Crippen LogP contribution in [0.15, 0.2) is 29.2 Å². The molecule has 1 aromatic carbocycles. The monoisotopic (exact) mass is 595 g/mol. The maximum atomic E-state index is 15.6. The third-order valence-electron chi connectivity index (χ3n) is 12.4. The highest BCUT2D eigenvalue weighted by molar-refractivity contribution is 7.90. The highest BCUT2D eigenvalue weighted by Crippen LogP contribution is 2.69. The molecule has 0 aliphatic heterocycles. The van der Waals surface area contributed by atoms with Crippen LogP contribution in [0.1, 0.15) is 85.5 Å². The first kappa shape index (κ1) is 30.9. The molecule has 6 nitrogen and oxygen atoms in total. The molecule has 0 spiro atoms. The van der Waals surface area contributed by atoms with Gasteiger partial charge in [-0.1, -0.05) is 34.1 Å². The maximum Gasteiger partial charge on any atom is 0.264 e. The molecule has 0 radical (unpaired) electrons. The summed E-state index contributed by atoms with van der Waals surface area (Å²) in [5, 5.41) is 22.2. The van der Waals surface area contributed by atoms with Crippen LogP contribution in [0.2, 0.25) is 0 Å². The molecule has 1 amide bonds. The van der Waals surface area contributed by atoms with Crippen LogP contribution in [-0.2, 0) is 14.8 Å². The normalized spacial score (nSPS) is 43.0. The average molecular weight is 596 g/mol. The zero-order chi connectivity index (χ0) is 29.9. The quantitative estimate of drug-likeness (QED) is 0.380. The van der Waals surface area contributed by atoms with Gasteiger partial charge in [0.1, 0.15) is 12.0 Å². The molecule has 12 atom stereocenters. The Balaban J connectivity index is 1.28. The van der Waals surface area contributed by atoms with Crippen molar-refractivity contribution in [1.82, 2.24) is 4.72 Å². The number of amides is 1. The van der Waals surface area contributed by atoms with E-state index in [1.807, 2.05) is 6.92 Å². The van der Waals surface area contributed by atoms with Crippen molar-refractivity contribution in [2.75, 3.05) is 0 Å². The molecule has 4 fully saturated rings. The highest BCUT2D eigenvalue weighted by atomic mass is 32.2. The van der Waals surface area contributed by atoms with Gasteiger partial charge in [-0.2, -0.15) is 0 Å². The predicted octanol–water partition coefficient (Wildman–Crippen LogP) is 5.62. The number of aliphatic hydroxyl groups excluding tert-OH is 2. The lowest BCUT2D eigenvalue weighted by molar-refractivity contribution is -0.222. The molecule has 9 heteroatoms. The van der Waals surface area contributed by atoms with E-state index in [0.717, 1.165) is 56.4 Å². The van der Waals surface area contributed by atoms with Gasteiger partial charge in [-0.3, -0.25) is 4.79 Å². The minimum absolute atomic E-state index is 0.0109. The van der Waals surface area contributed by atoms with E-state index in [1.54, 1.807) is 0 Å². The number of carbonyl (C=O) groups is 1. The standard InChI is InChI=1S/C32H47F2NO5S/c1-5-21-28-29(34)25(36)15-17-32(28,4)24-14-16-31(3)22(11-12-23(31)27(24)30(21)38)18(2)6-13-26(37)35-41(39,40)20-9-7-19(33)8-10-20/h7-10,18,21-25,27-30,36,38H,5-6,11-17H2,1-4H3,(H,35,37)/t18-,21-,22?,23?,24?,25-,27?,28?,29+,30-,31-,32-/m1/s1. The summed E-state index contributed by atoms with van der Waals surface area (Å²) in [5.41, 5.74) is -0.245. The number of aliphatic hydroxyl groups is 2. The van der Waals surface area contributed by atoms with Crippen molar-refractivity contribution in [1.29, 1.82) is 0 Å². The number of hydrogen-bond acceptors (Lipinski definition) is 5. The molecule has 5 rings (SSSR count). The molecule has 3 N–H and O–H groups in total. The molecular formula is C32H47F2NO5S. The molecule has 5 unspecified atom stereocenters. The summed E-state index contributed by atoms with van der Waals surface area (Å²) in [6.45, 7) is 8.74. The Morgan fingerprint density at radius 1 is 1.05 bits per heavy atom. The summed E-state index contributed by atoms with van der Waals surface area (Å²) < 4.78 is 56.0. The zero-order valence-electron chi connectivity index (χ0n) is 24.7. The molecule has 230 valence electrons. The minimum Gasteiger partial charge on any atom is -0.393 e. The van der Waals surface area contributed by atoms with Gasteiger partial charge in [-0.15, -0.1) is 0 Å². The van der Waals surface area contributed by atoms with E-state index in [9.17, 15) is 27.8 Å². The summed E-state index contributed by atoms with van der Waals surface area (Å²) in [5.74, 6) is -0.443. The van der Waals surface area contributed by atoms with Gasteiger partial charge < -0.3 is 10.2 Å². The number of sulfonamides is 1. The Bertz CT molecular complexity index is 1230. The van der Waals surface area contributed by atoms with E-state index < -0.39 is 40.1 Å². The smallest absolute Gasteiger partial charge is 0.264 e. The third kappa shape index (κ3) is 5.16. The molecule has 4 saturated carbocycles. The average Bonchev–Trinajstić information content (AvgIpc) is 3.28. The summed E-state index contributed by atoms with van der Waals surface area (Å²) in [7, 11) is -4.06. The van der Waals surface area contributed by atoms with Gasteiger partial charge in [-0.05, 0) is 116 Å². The SMILES string of the molecule is CC[C@@H]1C2[C@@H](F)[C@H](O)CC[C@]2(C)C2CC[C@@]3(C)C(CCC3[C@H](C)CCC(=O)NS(=O)(=O)c3ccc(F)cc3)C2[C@@H]1O. The van der Waals surface area contributed by atoms with Crippen LogP contribution in [0.4, 0.5) is 8.78 Å². The lowest BCUT2D eigenvalue weighted by atomic mass is 9.41.